The van der Waals surface area contributed by atoms with Crippen LogP contribution in [0.4, 0.5) is 4.39 Å². The molecule has 0 radical (unpaired) electrons. The van der Waals surface area contributed by atoms with E-state index >= 15 is 0 Å². The first-order valence-corrected chi connectivity index (χ1v) is 7.30. The van der Waals surface area contributed by atoms with Gasteiger partial charge in [0.2, 0.25) is 5.91 Å². The van der Waals surface area contributed by atoms with E-state index in [9.17, 15) is 18.8 Å². The molecule has 0 bridgehead atoms. The highest BCUT2D eigenvalue weighted by Crippen LogP contribution is 2.58. The van der Waals surface area contributed by atoms with Gasteiger partial charge in [-0.1, -0.05) is 26.0 Å². The normalized spacial score (nSPS) is 21.3. The molecule has 2 rings (SSSR count). The van der Waals surface area contributed by atoms with Crippen molar-refractivity contribution in [1.29, 1.82) is 0 Å². The number of aliphatic carboxylic acids is 1. The van der Waals surface area contributed by atoms with Crippen LogP contribution in [0.15, 0.2) is 24.3 Å². The number of carbonyl (C=O) groups is 3. The van der Waals surface area contributed by atoms with Crippen LogP contribution >= 0.6 is 0 Å². The lowest BCUT2D eigenvalue weighted by Gasteiger charge is -2.08. The number of halogens is 1. The molecule has 0 spiro atoms. The second-order valence-corrected chi connectivity index (χ2v) is 6.14. The minimum absolute atomic E-state index is 0.0619. The molecule has 1 aromatic rings. The van der Waals surface area contributed by atoms with Crippen LogP contribution in [0.2, 0.25) is 0 Å². The summed E-state index contributed by atoms with van der Waals surface area (Å²) in [6.45, 7) is 3.74. The zero-order valence-electron chi connectivity index (χ0n) is 12.9. The highest BCUT2D eigenvalue weighted by molar-refractivity contribution is 5.94. The Balaban J connectivity index is 1.76. The summed E-state index contributed by atoms with van der Waals surface area (Å²) in [7, 11) is 0. The molecule has 2 atom stereocenters. The van der Waals surface area contributed by atoms with E-state index in [-0.39, 0.29) is 24.6 Å². The number of carboxylic acids is 1. The maximum Gasteiger partial charge on any atom is 0.307 e. The fraction of sp³-hybridized carbons (Fsp3) is 0.438. The predicted octanol–water partition coefficient (Wildman–Crippen LogP) is 1.03. The molecule has 0 heterocycles. The lowest BCUT2D eigenvalue weighted by molar-refractivity contribution is -0.140. The van der Waals surface area contributed by atoms with E-state index in [0.29, 0.717) is 0 Å². The molecule has 1 saturated carbocycles. The van der Waals surface area contributed by atoms with Crippen LogP contribution in [0.1, 0.15) is 24.2 Å². The Morgan fingerprint density at radius 3 is 2.30 bits per heavy atom. The van der Waals surface area contributed by atoms with Crippen molar-refractivity contribution in [2.75, 3.05) is 13.1 Å². The molecule has 2 amide bonds. The first-order chi connectivity index (χ1) is 10.8. The Labute approximate surface area is 133 Å². The third kappa shape index (κ3) is 3.49. The summed E-state index contributed by atoms with van der Waals surface area (Å²) in [5.41, 5.74) is -0.625. The van der Waals surface area contributed by atoms with E-state index in [2.05, 4.69) is 10.6 Å². The SMILES string of the molecule is CC1(C)[C@H](C(=O)O)[C@@H]1C(=O)NCCNC(=O)c1ccccc1F. The summed E-state index contributed by atoms with van der Waals surface area (Å²) in [6.07, 6.45) is 0. The number of amides is 2. The van der Waals surface area contributed by atoms with Crippen LogP contribution in [0.5, 0.6) is 0 Å². The number of hydrogen-bond acceptors (Lipinski definition) is 3. The molecule has 7 heteroatoms. The maximum atomic E-state index is 13.4. The van der Waals surface area contributed by atoms with Gasteiger partial charge in [-0.3, -0.25) is 14.4 Å². The monoisotopic (exact) mass is 322 g/mol. The van der Waals surface area contributed by atoms with Crippen LogP contribution in [-0.2, 0) is 9.59 Å². The molecule has 1 aliphatic rings. The summed E-state index contributed by atoms with van der Waals surface area (Å²) in [6, 6.07) is 5.61. The Kier molecular flexibility index (Phi) is 4.68. The molecule has 0 aliphatic heterocycles. The molecule has 6 nitrogen and oxygen atoms in total. The van der Waals surface area contributed by atoms with Gasteiger partial charge in [0.25, 0.3) is 5.91 Å². The van der Waals surface area contributed by atoms with Gasteiger partial charge in [0, 0.05) is 13.1 Å². The van der Waals surface area contributed by atoms with Crippen LogP contribution in [0, 0.1) is 23.1 Å². The Bertz CT molecular complexity index is 645. The lowest BCUT2D eigenvalue weighted by atomic mass is 10.1. The molecule has 23 heavy (non-hydrogen) atoms. The van der Waals surface area contributed by atoms with Gasteiger partial charge in [-0.2, -0.15) is 0 Å². The number of benzene rings is 1. The number of nitrogens with one attached hydrogen (secondary N) is 2. The standard InChI is InChI=1S/C16H19FN2O4/c1-16(2)11(12(16)15(22)23)14(21)19-8-7-18-13(20)9-5-3-4-6-10(9)17/h3-6,11-12H,7-8H2,1-2H3,(H,18,20)(H,19,21)(H,22,23)/t11-,12+/m1/s1. The van der Waals surface area contributed by atoms with Crippen molar-refractivity contribution < 1.29 is 23.9 Å². The maximum absolute atomic E-state index is 13.4. The first kappa shape index (κ1) is 16.9. The van der Waals surface area contributed by atoms with Crippen molar-refractivity contribution in [2.24, 2.45) is 17.3 Å². The Hall–Kier alpha value is -2.44. The third-order valence-corrected chi connectivity index (χ3v) is 4.20. The smallest absolute Gasteiger partial charge is 0.307 e. The molecule has 3 N–H and O–H groups in total. The van der Waals surface area contributed by atoms with E-state index in [1.807, 2.05) is 0 Å². The molecule has 1 fully saturated rings. The molecular formula is C16H19FN2O4. The van der Waals surface area contributed by atoms with Crippen LogP contribution in [0.25, 0.3) is 0 Å². The van der Waals surface area contributed by atoms with Gasteiger partial charge in [0.05, 0.1) is 17.4 Å². The van der Waals surface area contributed by atoms with E-state index in [1.54, 1.807) is 19.9 Å². The van der Waals surface area contributed by atoms with Crippen molar-refractivity contribution in [2.45, 2.75) is 13.8 Å². The fourth-order valence-corrected chi connectivity index (χ4v) is 2.80. The lowest BCUT2D eigenvalue weighted by Crippen LogP contribution is -2.36. The van der Waals surface area contributed by atoms with Gasteiger partial charge in [-0.15, -0.1) is 0 Å². The van der Waals surface area contributed by atoms with E-state index in [1.165, 1.54) is 18.2 Å². The predicted molar refractivity (Wildman–Crippen MR) is 80.1 cm³/mol. The topological polar surface area (TPSA) is 95.5 Å². The highest BCUT2D eigenvalue weighted by Gasteiger charge is 2.65. The summed E-state index contributed by atoms with van der Waals surface area (Å²) < 4.78 is 13.4. The Morgan fingerprint density at radius 2 is 1.74 bits per heavy atom. The van der Waals surface area contributed by atoms with Gasteiger partial charge >= 0.3 is 5.97 Å². The van der Waals surface area contributed by atoms with Gasteiger partial charge in [0.1, 0.15) is 5.82 Å². The van der Waals surface area contributed by atoms with Crippen LogP contribution in [0.3, 0.4) is 0 Å². The zero-order valence-corrected chi connectivity index (χ0v) is 12.9. The van der Waals surface area contributed by atoms with Crippen molar-refractivity contribution in [3.8, 4) is 0 Å². The Morgan fingerprint density at radius 1 is 1.13 bits per heavy atom. The molecule has 124 valence electrons. The second-order valence-electron chi connectivity index (χ2n) is 6.14. The van der Waals surface area contributed by atoms with Crippen molar-refractivity contribution in [3.63, 3.8) is 0 Å². The van der Waals surface area contributed by atoms with Gasteiger partial charge in [-0.05, 0) is 17.5 Å². The van der Waals surface area contributed by atoms with E-state index in [0.717, 1.165) is 0 Å². The van der Waals surface area contributed by atoms with Gasteiger partial charge < -0.3 is 15.7 Å². The first-order valence-electron chi connectivity index (χ1n) is 7.30. The molecule has 0 aromatic heterocycles. The van der Waals surface area contributed by atoms with Crippen LogP contribution in [-0.4, -0.2) is 36.0 Å². The largest absolute Gasteiger partial charge is 0.481 e. The summed E-state index contributed by atoms with van der Waals surface area (Å²) >= 11 is 0. The quantitative estimate of drug-likeness (QED) is 0.682. The minimum atomic E-state index is -0.983. The molecule has 0 saturated heterocycles. The van der Waals surface area contributed by atoms with Gasteiger partial charge in [0.15, 0.2) is 0 Å². The third-order valence-electron chi connectivity index (χ3n) is 4.20. The summed E-state index contributed by atoms with van der Waals surface area (Å²) in [5, 5.41) is 14.1. The van der Waals surface area contributed by atoms with Crippen LogP contribution < -0.4 is 10.6 Å². The fourth-order valence-electron chi connectivity index (χ4n) is 2.80. The molecule has 1 aliphatic carbocycles. The van der Waals surface area contributed by atoms with E-state index < -0.39 is 34.9 Å². The van der Waals surface area contributed by atoms with Crippen molar-refractivity contribution >= 4 is 17.8 Å². The zero-order chi connectivity index (χ0) is 17.2. The minimum Gasteiger partial charge on any atom is -0.481 e. The van der Waals surface area contributed by atoms with Gasteiger partial charge in [-0.25, -0.2) is 4.39 Å². The summed E-state index contributed by atoms with van der Waals surface area (Å²) in [4.78, 5) is 34.7. The van der Waals surface area contributed by atoms with Crippen molar-refractivity contribution in [3.05, 3.63) is 35.6 Å². The number of rotatable bonds is 6. The molecular weight excluding hydrogens is 303 g/mol. The van der Waals surface area contributed by atoms with Crippen molar-refractivity contribution in [1.82, 2.24) is 10.6 Å². The number of hydrogen-bond donors (Lipinski definition) is 3. The molecule has 1 aromatic carbocycles. The average molecular weight is 322 g/mol. The summed E-state index contributed by atoms with van der Waals surface area (Å²) in [5.74, 6) is -3.76. The molecule has 0 unspecified atom stereocenters. The number of carbonyl (C=O) groups excluding carboxylic acids is 2. The average Bonchev–Trinajstić information content (AvgIpc) is 3.06. The highest BCUT2D eigenvalue weighted by atomic mass is 19.1. The van der Waals surface area contributed by atoms with E-state index in [4.69, 9.17) is 5.11 Å². The number of carboxylic acid groups (broad SMARTS) is 1. The second kappa shape index (κ2) is 6.36.